The summed E-state index contributed by atoms with van der Waals surface area (Å²) in [7, 11) is 0. The van der Waals surface area contributed by atoms with Gasteiger partial charge in [0, 0.05) is 30.4 Å². The topological polar surface area (TPSA) is 59.7 Å². The molecule has 2 atom stereocenters. The van der Waals surface area contributed by atoms with Gasteiger partial charge in [-0.15, -0.1) is 0 Å². The van der Waals surface area contributed by atoms with Gasteiger partial charge in [-0.05, 0) is 46.6 Å². The fourth-order valence-electron chi connectivity index (χ4n) is 3.43. The molecule has 0 bridgehead atoms. The molecular formula is C18H26N4O2. The highest BCUT2D eigenvalue weighted by Gasteiger charge is 2.27. The van der Waals surface area contributed by atoms with Crippen molar-refractivity contribution in [2.45, 2.75) is 59.6 Å². The van der Waals surface area contributed by atoms with Crippen molar-refractivity contribution in [3.63, 3.8) is 0 Å². The minimum Gasteiger partial charge on any atom is -0.375 e. The predicted octanol–water partition coefficient (Wildman–Crippen LogP) is 2.22. The zero-order chi connectivity index (χ0) is 17.4. The molecule has 1 saturated heterocycles. The minimum absolute atomic E-state index is 0.110. The average Bonchev–Trinajstić information content (AvgIpc) is 2.89. The SMILES string of the molecule is Cc1cc2nc(C)c(CCC(=O)N3CC(C)OCC3C)c(C)n2n1. The Labute approximate surface area is 142 Å². The van der Waals surface area contributed by atoms with E-state index in [4.69, 9.17) is 4.74 Å². The molecule has 2 aromatic heterocycles. The lowest BCUT2D eigenvalue weighted by Gasteiger charge is -2.37. The standard InChI is InChI=1S/C18H26N4O2/c1-11-8-17-19-14(4)16(15(5)22(17)20-11)6-7-18(23)21-9-13(3)24-10-12(21)2/h8,12-13H,6-7,9-10H2,1-5H3. The monoisotopic (exact) mass is 330 g/mol. The molecule has 1 amide bonds. The summed E-state index contributed by atoms with van der Waals surface area (Å²) < 4.78 is 7.48. The van der Waals surface area contributed by atoms with Gasteiger partial charge in [0.2, 0.25) is 5.91 Å². The van der Waals surface area contributed by atoms with Gasteiger partial charge in [-0.2, -0.15) is 5.10 Å². The third-order valence-electron chi connectivity index (χ3n) is 4.80. The molecule has 0 N–H and O–H groups in total. The van der Waals surface area contributed by atoms with Crippen LogP contribution >= 0.6 is 0 Å². The van der Waals surface area contributed by atoms with Crippen LogP contribution in [-0.2, 0) is 16.0 Å². The van der Waals surface area contributed by atoms with Crippen LogP contribution in [0.25, 0.3) is 5.65 Å². The Hall–Kier alpha value is -1.95. The molecule has 0 aromatic carbocycles. The summed E-state index contributed by atoms with van der Waals surface area (Å²) in [5, 5.41) is 4.50. The van der Waals surface area contributed by atoms with Crippen molar-refractivity contribution in [1.29, 1.82) is 0 Å². The van der Waals surface area contributed by atoms with Gasteiger partial charge in [0.25, 0.3) is 0 Å². The number of carbonyl (C=O) groups excluding carboxylic acids is 1. The van der Waals surface area contributed by atoms with E-state index in [0.29, 0.717) is 26.0 Å². The Morgan fingerprint density at radius 2 is 2.08 bits per heavy atom. The maximum atomic E-state index is 12.6. The van der Waals surface area contributed by atoms with Crippen LogP contribution in [0.1, 0.15) is 42.9 Å². The minimum atomic E-state index is 0.110. The zero-order valence-electron chi connectivity index (χ0n) is 15.2. The maximum absolute atomic E-state index is 12.6. The van der Waals surface area contributed by atoms with E-state index in [1.807, 2.05) is 50.1 Å². The van der Waals surface area contributed by atoms with E-state index in [-0.39, 0.29) is 18.1 Å². The molecule has 1 aliphatic rings. The van der Waals surface area contributed by atoms with E-state index in [0.717, 1.165) is 28.3 Å². The Morgan fingerprint density at radius 3 is 2.83 bits per heavy atom. The van der Waals surface area contributed by atoms with Crippen molar-refractivity contribution in [3.05, 3.63) is 28.7 Å². The lowest BCUT2D eigenvalue weighted by molar-refractivity contribution is -0.143. The molecule has 3 rings (SSSR count). The molecule has 130 valence electrons. The van der Waals surface area contributed by atoms with Gasteiger partial charge in [-0.25, -0.2) is 9.50 Å². The summed E-state index contributed by atoms with van der Waals surface area (Å²) in [6, 6.07) is 2.12. The summed E-state index contributed by atoms with van der Waals surface area (Å²) in [5.74, 6) is 0.188. The highest BCUT2D eigenvalue weighted by molar-refractivity contribution is 5.77. The second-order valence-corrected chi connectivity index (χ2v) is 6.86. The molecule has 2 aromatic rings. The van der Waals surface area contributed by atoms with Crippen LogP contribution in [0.4, 0.5) is 0 Å². The van der Waals surface area contributed by atoms with Crippen LogP contribution in [0, 0.1) is 20.8 Å². The van der Waals surface area contributed by atoms with Crippen molar-refractivity contribution < 1.29 is 9.53 Å². The number of aryl methyl sites for hydroxylation is 3. The van der Waals surface area contributed by atoms with Gasteiger partial charge in [0.05, 0.1) is 24.4 Å². The van der Waals surface area contributed by atoms with Crippen molar-refractivity contribution in [1.82, 2.24) is 19.5 Å². The van der Waals surface area contributed by atoms with Gasteiger partial charge < -0.3 is 9.64 Å². The van der Waals surface area contributed by atoms with Gasteiger partial charge in [-0.3, -0.25) is 4.79 Å². The molecule has 0 spiro atoms. The number of amides is 1. The molecule has 0 saturated carbocycles. The van der Waals surface area contributed by atoms with Gasteiger partial charge in [0.15, 0.2) is 5.65 Å². The number of carbonyl (C=O) groups is 1. The number of aromatic nitrogens is 3. The first-order chi connectivity index (χ1) is 11.4. The zero-order valence-corrected chi connectivity index (χ0v) is 15.2. The van der Waals surface area contributed by atoms with E-state index in [1.165, 1.54) is 0 Å². The highest BCUT2D eigenvalue weighted by Crippen LogP contribution is 2.19. The van der Waals surface area contributed by atoms with Crippen LogP contribution in [0.3, 0.4) is 0 Å². The number of ether oxygens (including phenoxy) is 1. The summed E-state index contributed by atoms with van der Waals surface area (Å²) in [6.07, 6.45) is 1.29. The van der Waals surface area contributed by atoms with E-state index >= 15 is 0 Å². The molecule has 3 heterocycles. The van der Waals surface area contributed by atoms with Crippen LogP contribution < -0.4 is 0 Å². The van der Waals surface area contributed by atoms with Crippen LogP contribution in [0.5, 0.6) is 0 Å². The molecule has 1 aliphatic heterocycles. The molecule has 6 heteroatoms. The Kier molecular flexibility index (Phi) is 4.58. The second-order valence-electron chi connectivity index (χ2n) is 6.86. The van der Waals surface area contributed by atoms with E-state index in [2.05, 4.69) is 10.1 Å². The molecule has 2 unspecified atom stereocenters. The second kappa shape index (κ2) is 6.51. The first-order valence-corrected chi connectivity index (χ1v) is 8.60. The van der Waals surface area contributed by atoms with E-state index in [9.17, 15) is 4.79 Å². The lowest BCUT2D eigenvalue weighted by atomic mass is 10.1. The molecule has 6 nitrogen and oxygen atoms in total. The number of fused-ring (bicyclic) bond motifs is 1. The number of hydrogen-bond acceptors (Lipinski definition) is 4. The average molecular weight is 330 g/mol. The largest absolute Gasteiger partial charge is 0.375 e. The summed E-state index contributed by atoms with van der Waals surface area (Å²) in [4.78, 5) is 19.2. The number of morpholine rings is 1. The molecular weight excluding hydrogens is 304 g/mol. The number of rotatable bonds is 3. The van der Waals surface area contributed by atoms with E-state index in [1.54, 1.807) is 0 Å². The normalized spacial score (nSPS) is 21.5. The Bertz CT molecular complexity index is 768. The summed E-state index contributed by atoms with van der Waals surface area (Å²) in [5.41, 5.74) is 4.99. The van der Waals surface area contributed by atoms with Gasteiger partial charge in [0.1, 0.15) is 0 Å². The number of hydrogen-bond donors (Lipinski definition) is 0. The van der Waals surface area contributed by atoms with E-state index < -0.39 is 0 Å². The molecule has 0 aliphatic carbocycles. The van der Waals surface area contributed by atoms with Crippen molar-refractivity contribution in [3.8, 4) is 0 Å². The maximum Gasteiger partial charge on any atom is 0.223 e. The fraction of sp³-hybridized carbons (Fsp3) is 0.611. The first-order valence-electron chi connectivity index (χ1n) is 8.60. The van der Waals surface area contributed by atoms with Gasteiger partial charge >= 0.3 is 0 Å². The quantitative estimate of drug-likeness (QED) is 0.866. The lowest BCUT2D eigenvalue weighted by Crippen LogP contribution is -2.50. The molecule has 0 radical (unpaired) electrons. The van der Waals surface area contributed by atoms with Crippen molar-refractivity contribution >= 4 is 11.6 Å². The van der Waals surface area contributed by atoms with Crippen molar-refractivity contribution in [2.24, 2.45) is 0 Å². The predicted molar refractivity (Wildman–Crippen MR) is 92.1 cm³/mol. The Balaban J connectivity index is 1.76. The summed E-state index contributed by atoms with van der Waals surface area (Å²) >= 11 is 0. The molecule has 1 fully saturated rings. The highest BCUT2D eigenvalue weighted by atomic mass is 16.5. The number of nitrogens with zero attached hydrogens (tertiary/aromatic N) is 4. The van der Waals surface area contributed by atoms with Crippen LogP contribution in [-0.4, -0.2) is 50.7 Å². The first kappa shape index (κ1) is 16.9. The van der Waals surface area contributed by atoms with Gasteiger partial charge in [-0.1, -0.05) is 0 Å². The third-order valence-corrected chi connectivity index (χ3v) is 4.80. The fourth-order valence-corrected chi connectivity index (χ4v) is 3.43. The van der Waals surface area contributed by atoms with Crippen molar-refractivity contribution in [2.75, 3.05) is 13.2 Å². The smallest absolute Gasteiger partial charge is 0.223 e. The van der Waals surface area contributed by atoms with Crippen LogP contribution in [0.15, 0.2) is 6.07 Å². The molecule has 24 heavy (non-hydrogen) atoms. The Morgan fingerprint density at radius 1 is 1.33 bits per heavy atom. The summed E-state index contributed by atoms with van der Waals surface area (Å²) in [6.45, 7) is 11.4. The third kappa shape index (κ3) is 3.15. The van der Waals surface area contributed by atoms with Crippen LogP contribution in [0.2, 0.25) is 0 Å².